The van der Waals surface area contributed by atoms with Crippen molar-refractivity contribution >= 4 is 55.6 Å². The summed E-state index contributed by atoms with van der Waals surface area (Å²) in [5.41, 5.74) is 17.6. The first-order chi connectivity index (χ1) is 35.6. The maximum absolute atomic E-state index is 6.86. The first kappa shape index (κ1) is 49.5. The summed E-state index contributed by atoms with van der Waals surface area (Å²) in [4.78, 5) is 9.64. The molecule has 0 aliphatic carbocycles. The molecule has 3 aromatic heterocycles. The zero-order chi connectivity index (χ0) is 51.1. The fourth-order valence-electron chi connectivity index (χ4n) is 10.6. The third kappa shape index (κ3) is 8.92. The van der Waals surface area contributed by atoms with Gasteiger partial charge in [0.1, 0.15) is 5.82 Å². The van der Waals surface area contributed by atoms with E-state index in [1.54, 1.807) is 0 Å². The maximum Gasteiger partial charge on any atom is 0.135 e. The van der Waals surface area contributed by atoms with E-state index >= 15 is 0 Å². The molecule has 0 atom stereocenters. The molecule has 0 unspecified atom stereocenters. The molecular formula is C68H60N5OPd-3. The zero-order valence-corrected chi connectivity index (χ0v) is 45.6. The quantitative estimate of drug-likeness (QED) is 0.112. The Morgan fingerprint density at radius 2 is 1.05 bits per heavy atom. The second kappa shape index (κ2) is 18.9. The predicted molar refractivity (Wildman–Crippen MR) is 308 cm³/mol. The van der Waals surface area contributed by atoms with Gasteiger partial charge in [-0.2, -0.15) is 12.1 Å². The van der Waals surface area contributed by atoms with Gasteiger partial charge >= 0.3 is 0 Å². The second-order valence-corrected chi connectivity index (χ2v) is 22.7. The molecule has 1 aliphatic heterocycles. The summed E-state index contributed by atoms with van der Waals surface area (Å²) in [6, 6.07) is 74.6. The predicted octanol–water partition coefficient (Wildman–Crippen LogP) is 18.1. The number of para-hydroxylation sites is 5. The van der Waals surface area contributed by atoms with E-state index in [1.807, 2.05) is 24.4 Å². The summed E-state index contributed by atoms with van der Waals surface area (Å²) in [5.74, 6) is 1.99. The summed E-state index contributed by atoms with van der Waals surface area (Å²) in [6.45, 7) is 22.8. The minimum absolute atomic E-state index is 0. The fourth-order valence-corrected chi connectivity index (χ4v) is 10.6. The van der Waals surface area contributed by atoms with E-state index in [9.17, 15) is 0 Å². The monoisotopic (exact) mass is 1070 g/mol. The number of rotatable bonds is 8. The number of pyridine rings is 1. The third-order valence-corrected chi connectivity index (χ3v) is 14.5. The van der Waals surface area contributed by atoms with Crippen LogP contribution in [-0.2, 0) is 36.7 Å². The van der Waals surface area contributed by atoms with Crippen molar-refractivity contribution in [2.24, 2.45) is 0 Å². The molecule has 0 spiro atoms. The summed E-state index contributed by atoms with van der Waals surface area (Å²) < 4.78 is 11.5. The van der Waals surface area contributed by atoms with Gasteiger partial charge in [-0.1, -0.05) is 188 Å². The van der Waals surface area contributed by atoms with E-state index in [0.29, 0.717) is 11.5 Å². The molecular weight excluding hydrogens is 1010 g/mol. The van der Waals surface area contributed by atoms with Crippen LogP contribution in [0.4, 0.5) is 22.7 Å². The van der Waals surface area contributed by atoms with Crippen molar-refractivity contribution < 1.29 is 25.2 Å². The standard InChI is InChI=1S/C68H60N5O.Pd/c1-66(2,3)47-36-37-69-62(41-47)73-61-43-53(34-35-57(61)64-65(73)56-28-16-17-31-58(56)72(64)50-24-14-11-15-25-50)74-52-27-20-26-51(42-52)70-44-71(60-33-19-18-32-59(60)70)63-54(45-22-12-10-13-23-45)29-21-30-55(63)46-38-48(67(4,5)6)40-49(39-46)68(7,8)9;/h10-41,44H,1-9H3;/q-3;. The molecule has 376 valence electrons. The second-order valence-electron chi connectivity index (χ2n) is 22.7. The number of fused-ring (bicyclic) bond motifs is 6. The van der Waals surface area contributed by atoms with Crippen molar-refractivity contribution in [1.82, 2.24) is 14.1 Å². The van der Waals surface area contributed by atoms with E-state index in [2.05, 4.69) is 270 Å². The van der Waals surface area contributed by atoms with Gasteiger partial charge in [0.15, 0.2) is 0 Å². The zero-order valence-electron chi connectivity index (χ0n) is 44.0. The molecule has 0 N–H and O–H groups in total. The van der Waals surface area contributed by atoms with Gasteiger partial charge in [0.25, 0.3) is 0 Å². The molecule has 6 nitrogen and oxygen atoms in total. The van der Waals surface area contributed by atoms with Gasteiger partial charge < -0.3 is 23.7 Å². The number of ether oxygens (including phenoxy) is 1. The Labute approximate surface area is 455 Å². The Balaban J connectivity index is 0.00000602. The SMILES string of the molecule is CC(C)(C)c1cc(-c2cccc(-c3ccccc3)c2N2[CH-]N(c3[c-]c(Oc4[c-]c5c(cc4)c4c(c6ccccc6n4-c4ccccc4)n5-c4cc(C(C)(C)C)ccn4)ccc3)c3ccccc32)cc(C(C)(C)C)c1.[Pd]. The molecule has 7 heteroatoms. The van der Waals surface area contributed by atoms with Crippen molar-refractivity contribution in [3.05, 3.63) is 230 Å². The number of nitrogens with zero attached hydrogens (tertiary/aromatic N) is 5. The minimum atomic E-state index is -0.0806. The van der Waals surface area contributed by atoms with E-state index in [-0.39, 0.29) is 36.7 Å². The van der Waals surface area contributed by atoms with Crippen LogP contribution < -0.4 is 14.5 Å². The van der Waals surface area contributed by atoms with Crippen molar-refractivity contribution in [3.63, 3.8) is 0 Å². The van der Waals surface area contributed by atoms with E-state index in [1.165, 1.54) is 22.3 Å². The Kier molecular flexibility index (Phi) is 12.5. The van der Waals surface area contributed by atoms with Gasteiger partial charge in [0.2, 0.25) is 0 Å². The summed E-state index contributed by atoms with van der Waals surface area (Å²) in [6.07, 6.45) is 1.92. The van der Waals surface area contributed by atoms with Crippen LogP contribution in [0.3, 0.4) is 0 Å². The molecule has 8 aromatic carbocycles. The van der Waals surface area contributed by atoms with E-state index < -0.39 is 0 Å². The van der Waals surface area contributed by atoms with Gasteiger partial charge in [-0.15, -0.1) is 42.7 Å². The van der Waals surface area contributed by atoms with E-state index in [0.717, 1.165) is 83.8 Å². The van der Waals surface area contributed by atoms with Crippen LogP contribution >= 0.6 is 0 Å². The van der Waals surface area contributed by atoms with Gasteiger partial charge in [0.05, 0.1) is 11.0 Å². The molecule has 0 radical (unpaired) electrons. The molecule has 1 aliphatic rings. The van der Waals surface area contributed by atoms with Crippen molar-refractivity contribution in [3.8, 4) is 45.3 Å². The van der Waals surface area contributed by atoms with Crippen LogP contribution in [0.15, 0.2) is 194 Å². The molecule has 0 amide bonds. The van der Waals surface area contributed by atoms with Crippen LogP contribution in [0.2, 0.25) is 0 Å². The number of hydrogen-bond donors (Lipinski definition) is 0. The fraction of sp³-hybridized carbons (Fsp3) is 0.176. The number of benzene rings is 8. The Hall–Kier alpha value is -7.69. The van der Waals surface area contributed by atoms with Crippen LogP contribution in [0.25, 0.3) is 66.6 Å². The molecule has 11 aromatic rings. The molecule has 75 heavy (non-hydrogen) atoms. The molecule has 4 heterocycles. The van der Waals surface area contributed by atoms with Crippen LogP contribution in [0.5, 0.6) is 11.5 Å². The minimum Gasteiger partial charge on any atom is -0.509 e. The van der Waals surface area contributed by atoms with Crippen LogP contribution in [0.1, 0.15) is 79.0 Å². The first-order valence-electron chi connectivity index (χ1n) is 25.7. The summed E-state index contributed by atoms with van der Waals surface area (Å²) >= 11 is 0. The topological polar surface area (TPSA) is 38.5 Å². The average molecular weight is 1070 g/mol. The smallest absolute Gasteiger partial charge is 0.135 e. The Morgan fingerprint density at radius 3 is 1.75 bits per heavy atom. The Morgan fingerprint density at radius 1 is 0.467 bits per heavy atom. The van der Waals surface area contributed by atoms with Gasteiger partial charge in [-0.3, -0.25) is 0 Å². The van der Waals surface area contributed by atoms with Crippen molar-refractivity contribution in [2.75, 3.05) is 9.80 Å². The van der Waals surface area contributed by atoms with Crippen molar-refractivity contribution in [2.45, 2.75) is 78.6 Å². The molecule has 12 rings (SSSR count). The average Bonchev–Trinajstić information content (AvgIpc) is 4.07. The number of aromatic nitrogens is 3. The van der Waals surface area contributed by atoms with Gasteiger partial charge in [-0.05, 0) is 86.5 Å². The first-order valence-corrected chi connectivity index (χ1v) is 25.7. The molecule has 0 saturated carbocycles. The van der Waals surface area contributed by atoms with Gasteiger partial charge in [-0.25, -0.2) is 4.98 Å². The maximum atomic E-state index is 6.86. The number of anilines is 4. The largest absolute Gasteiger partial charge is 0.509 e. The summed E-state index contributed by atoms with van der Waals surface area (Å²) in [7, 11) is 0. The normalized spacial score (nSPS) is 12.9. The summed E-state index contributed by atoms with van der Waals surface area (Å²) in [5, 5.41) is 2.18. The molecule has 0 saturated heterocycles. The molecule has 0 fully saturated rings. The van der Waals surface area contributed by atoms with Gasteiger partial charge in [0, 0.05) is 82.9 Å². The Bertz CT molecular complexity index is 3890. The third-order valence-electron chi connectivity index (χ3n) is 14.5. The van der Waals surface area contributed by atoms with Crippen LogP contribution in [-0.4, -0.2) is 14.1 Å². The van der Waals surface area contributed by atoms with Crippen molar-refractivity contribution in [1.29, 1.82) is 0 Å². The molecule has 0 bridgehead atoms. The van der Waals surface area contributed by atoms with E-state index in [4.69, 9.17) is 9.72 Å². The van der Waals surface area contributed by atoms with Crippen LogP contribution in [0, 0.1) is 18.8 Å². The number of hydrogen-bond acceptors (Lipinski definition) is 4.